The van der Waals surface area contributed by atoms with Gasteiger partial charge in [-0.2, -0.15) is 0 Å². The summed E-state index contributed by atoms with van der Waals surface area (Å²) in [5.41, 5.74) is 0. The summed E-state index contributed by atoms with van der Waals surface area (Å²) >= 11 is 0. The lowest BCUT2D eigenvalue weighted by atomic mass is 10.1. The topological polar surface area (TPSA) is 53.6 Å². The Bertz CT molecular complexity index is 239. The van der Waals surface area contributed by atoms with Crippen molar-refractivity contribution in [1.29, 1.82) is 0 Å². The molecule has 0 unspecified atom stereocenters. The van der Waals surface area contributed by atoms with Crippen molar-refractivity contribution < 1.29 is 9.53 Å². The van der Waals surface area contributed by atoms with Crippen molar-refractivity contribution in [1.82, 2.24) is 15.5 Å². The summed E-state index contributed by atoms with van der Waals surface area (Å²) in [7, 11) is 1.70. The molecule has 2 atom stereocenters. The number of hydrogen-bond donors (Lipinski definition) is 2. The number of carbonyl (C=O) groups excluding carboxylic acids is 1. The highest BCUT2D eigenvalue weighted by Crippen LogP contribution is 2.13. The number of ether oxygens (including phenoxy) is 1. The molecule has 2 aliphatic rings. The molecule has 5 heteroatoms. The van der Waals surface area contributed by atoms with E-state index in [-0.39, 0.29) is 12.0 Å². The molecule has 5 nitrogen and oxygen atoms in total. The van der Waals surface area contributed by atoms with Gasteiger partial charge < -0.3 is 20.3 Å². The van der Waals surface area contributed by atoms with Crippen molar-refractivity contribution in [3.05, 3.63) is 0 Å². The van der Waals surface area contributed by atoms with E-state index >= 15 is 0 Å². The van der Waals surface area contributed by atoms with Crippen LogP contribution in [-0.2, 0) is 9.53 Å². The van der Waals surface area contributed by atoms with Crippen LogP contribution >= 0.6 is 0 Å². The van der Waals surface area contributed by atoms with Gasteiger partial charge in [0.2, 0.25) is 5.91 Å². The van der Waals surface area contributed by atoms with Gasteiger partial charge in [-0.3, -0.25) is 4.79 Å². The minimum atomic E-state index is 0.196. The van der Waals surface area contributed by atoms with E-state index in [1.165, 1.54) is 0 Å². The van der Waals surface area contributed by atoms with Gasteiger partial charge in [0.05, 0.1) is 12.5 Å². The van der Waals surface area contributed by atoms with Crippen molar-refractivity contribution in [2.75, 3.05) is 46.4 Å². The third-order valence-corrected chi connectivity index (χ3v) is 3.34. The third kappa shape index (κ3) is 2.72. The average Bonchev–Trinajstić information content (AvgIpc) is 2.82. The Morgan fingerprint density at radius 2 is 2.38 bits per heavy atom. The Kier molecular flexibility index (Phi) is 4.15. The van der Waals surface area contributed by atoms with Gasteiger partial charge in [0, 0.05) is 39.3 Å². The molecule has 16 heavy (non-hydrogen) atoms. The Hall–Kier alpha value is -0.650. The molecule has 0 saturated carbocycles. The first-order chi connectivity index (χ1) is 7.81. The molecule has 2 saturated heterocycles. The van der Waals surface area contributed by atoms with Gasteiger partial charge >= 0.3 is 0 Å². The summed E-state index contributed by atoms with van der Waals surface area (Å²) in [5.74, 6) is 0.508. The van der Waals surface area contributed by atoms with Crippen LogP contribution in [0.4, 0.5) is 0 Å². The van der Waals surface area contributed by atoms with Gasteiger partial charge in [0.1, 0.15) is 0 Å². The van der Waals surface area contributed by atoms with Crippen molar-refractivity contribution in [2.24, 2.45) is 5.92 Å². The monoisotopic (exact) mass is 227 g/mol. The smallest absolute Gasteiger partial charge is 0.227 e. The summed E-state index contributed by atoms with van der Waals surface area (Å²) < 4.78 is 5.12. The van der Waals surface area contributed by atoms with Crippen LogP contribution in [0.5, 0.6) is 0 Å². The van der Waals surface area contributed by atoms with E-state index < -0.39 is 0 Å². The third-order valence-electron chi connectivity index (χ3n) is 3.34. The van der Waals surface area contributed by atoms with Crippen LogP contribution in [0.25, 0.3) is 0 Å². The SMILES string of the molecule is COC[C@@H]1CN(C(=O)[C@@H]2CCNC2)CCN1. The minimum Gasteiger partial charge on any atom is -0.383 e. The number of hydrogen-bond acceptors (Lipinski definition) is 4. The Labute approximate surface area is 96.5 Å². The molecule has 0 aliphatic carbocycles. The molecular weight excluding hydrogens is 206 g/mol. The van der Waals surface area contributed by atoms with Crippen LogP contribution in [0.15, 0.2) is 0 Å². The predicted molar refractivity (Wildman–Crippen MR) is 61.2 cm³/mol. The molecule has 0 aromatic carbocycles. The van der Waals surface area contributed by atoms with E-state index in [4.69, 9.17) is 4.74 Å². The van der Waals surface area contributed by atoms with E-state index in [2.05, 4.69) is 10.6 Å². The second-order valence-electron chi connectivity index (χ2n) is 4.58. The fraction of sp³-hybridized carbons (Fsp3) is 0.909. The first-order valence-electron chi connectivity index (χ1n) is 6.03. The summed E-state index contributed by atoms with van der Waals surface area (Å²) in [6.07, 6.45) is 0.984. The van der Waals surface area contributed by atoms with Crippen molar-refractivity contribution in [3.63, 3.8) is 0 Å². The summed E-state index contributed by atoms with van der Waals surface area (Å²) in [5, 5.41) is 6.60. The van der Waals surface area contributed by atoms with Crippen molar-refractivity contribution >= 4 is 5.91 Å². The quantitative estimate of drug-likeness (QED) is 0.652. The lowest BCUT2D eigenvalue weighted by Crippen LogP contribution is -2.55. The highest BCUT2D eigenvalue weighted by molar-refractivity contribution is 5.79. The number of nitrogens with zero attached hydrogens (tertiary/aromatic N) is 1. The van der Waals surface area contributed by atoms with Gasteiger partial charge in [-0.15, -0.1) is 0 Å². The summed E-state index contributed by atoms with van der Waals surface area (Å²) in [6.45, 7) is 4.98. The zero-order valence-electron chi connectivity index (χ0n) is 9.87. The largest absolute Gasteiger partial charge is 0.383 e. The maximum absolute atomic E-state index is 12.2. The second kappa shape index (κ2) is 5.61. The lowest BCUT2D eigenvalue weighted by Gasteiger charge is -2.34. The Morgan fingerprint density at radius 1 is 1.50 bits per heavy atom. The first-order valence-corrected chi connectivity index (χ1v) is 6.03. The molecule has 0 radical (unpaired) electrons. The first kappa shape index (κ1) is 11.8. The number of amides is 1. The van der Waals surface area contributed by atoms with Crippen LogP contribution in [-0.4, -0.2) is 63.3 Å². The normalized spacial score (nSPS) is 30.7. The van der Waals surface area contributed by atoms with Crippen LogP contribution in [0.3, 0.4) is 0 Å². The second-order valence-corrected chi connectivity index (χ2v) is 4.58. The van der Waals surface area contributed by atoms with Crippen molar-refractivity contribution in [3.8, 4) is 0 Å². The fourth-order valence-corrected chi connectivity index (χ4v) is 2.46. The minimum absolute atomic E-state index is 0.196. The molecule has 2 N–H and O–H groups in total. The van der Waals surface area contributed by atoms with Gasteiger partial charge in [-0.1, -0.05) is 0 Å². The average molecular weight is 227 g/mol. The number of rotatable bonds is 3. The fourth-order valence-electron chi connectivity index (χ4n) is 2.46. The van der Waals surface area contributed by atoms with Crippen molar-refractivity contribution in [2.45, 2.75) is 12.5 Å². The highest BCUT2D eigenvalue weighted by Gasteiger charge is 2.30. The molecular formula is C11H21N3O2. The molecule has 2 aliphatic heterocycles. The van der Waals surface area contributed by atoms with E-state index in [0.29, 0.717) is 12.5 Å². The number of methoxy groups -OCH3 is 1. The molecule has 1 amide bonds. The van der Waals surface area contributed by atoms with E-state index in [1.54, 1.807) is 7.11 Å². The molecule has 2 fully saturated rings. The zero-order chi connectivity index (χ0) is 11.4. The Morgan fingerprint density at radius 3 is 3.06 bits per heavy atom. The molecule has 92 valence electrons. The van der Waals surface area contributed by atoms with E-state index in [0.717, 1.165) is 39.1 Å². The Balaban J connectivity index is 1.85. The maximum atomic E-state index is 12.2. The number of carbonyl (C=O) groups is 1. The molecule has 0 aromatic rings. The van der Waals surface area contributed by atoms with Gasteiger partial charge in [0.15, 0.2) is 0 Å². The predicted octanol–water partition coefficient (Wildman–Crippen LogP) is -0.957. The molecule has 2 heterocycles. The van der Waals surface area contributed by atoms with Crippen LogP contribution < -0.4 is 10.6 Å². The van der Waals surface area contributed by atoms with Crippen LogP contribution in [0.1, 0.15) is 6.42 Å². The van der Waals surface area contributed by atoms with E-state index in [9.17, 15) is 4.79 Å². The van der Waals surface area contributed by atoms with Gasteiger partial charge in [0.25, 0.3) is 0 Å². The molecule has 2 rings (SSSR count). The maximum Gasteiger partial charge on any atom is 0.227 e. The highest BCUT2D eigenvalue weighted by atomic mass is 16.5. The van der Waals surface area contributed by atoms with Crippen LogP contribution in [0, 0.1) is 5.92 Å². The number of nitrogens with one attached hydrogen (secondary N) is 2. The zero-order valence-corrected chi connectivity index (χ0v) is 9.87. The molecule has 0 bridgehead atoms. The molecule has 0 spiro atoms. The molecule has 0 aromatic heterocycles. The van der Waals surface area contributed by atoms with Gasteiger partial charge in [-0.05, 0) is 13.0 Å². The summed E-state index contributed by atoms with van der Waals surface area (Å²) in [6, 6.07) is 0.289. The standard InChI is InChI=1S/C11H21N3O2/c1-16-8-10-7-14(5-4-13-10)11(15)9-2-3-12-6-9/h9-10,12-13H,2-8H2,1H3/t9-,10+/m1/s1. The van der Waals surface area contributed by atoms with Gasteiger partial charge in [-0.25, -0.2) is 0 Å². The summed E-state index contributed by atoms with van der Waals surface area (Å²) in [4.78, 5) is 14.2. The van der Waals surface area contributed by atoms with Crippen LogP contribution in [0.2, 0.25) is 0 Å². The number of piperazine rings is 1. The van der Waals surface area contributed by atoms with E-state index in [1.807, 2.05) is 4.90 Å². The lowest BCUT2D eigenvalue weighted by molar-refractivity contribution is -0.136.